The summed E-state index contributed by atoms with van der Waals surface area (Å²) in [5, 5.41) is 3.12. The van der Waals surface area contributed by atoms with E-state index in [2.05, 4.69) is 15.3 Å². The molecule has 0 fully saturated rings. The van der Waals surface area contributed by atoms with Gasteiger partial charge >= 0.3 is 6.18 Å². The van der Waals surface area contributed by atoms with Crippen LogP contribution in [0.4, 0.5) is 13.2 Å². The van der Waals surface area contributed by atoms with Crippen molar-refractivity contribution in [2.75, 3.05) is 27.2 Å². The van der Waals surface area contributed by atoms with Crippen LogP contribution in [0, 0.1) is 0 Å². The van der Waals surface area contributed by atoms with Crippen molar-refractivity contribution in [2.24, 2.45) is 0 Å². The Morgan fingerprint density at radius 1 is 1.30 bits per heavy atom. The third-order valence-corrected chi connectivity index (χ3v) is 4.31. The zero-order chi connectivity index (χ0) is 19.8. The Morgan fingerprint density at radius 3 is 2.70 bits per heavy atom. The number of halogens is 4. The van der Waals surface area contributed by atoms with Gasteiger partial charge in [0, 0.05) is 24.0 Å². The fourth-order valence-corrected chi connectivity index (χ4v) is 3.09. The highest BCUT2D eigenvalue weighted by atomic mass is 35.5. The van der Waals surface area contributed by atoms with Crippen molar-refractivity contribution in [3.8, 4) is 0 Å². The molecular weight excluding hydrogens is 383 g/mol. The van der Waals surface area contributed by atoms with Crippen LogP contribution in [0.3, 0.4) is 0 Å². The molecule has 1 aromatic carbocycles. The Labute approximate surface area is 157 Å². The number of amides is 1. The van der Waals surface area contributed by atoms with E-state index in [1.54, 1.807) is 0 Å². The highest BCUT2D eigenvalue weighted by Gasteiger charge is 2.31. The number of fused-ring (bicyclic) bond motifs is 3. The molecular formula is C17H17ClF3N5O. The first-order valence-electron chi connectivity index (χ1n) is 8.09. The Morgan fingerprint density at radius 2 is 2.04 bits per heavy atom. The molecule has 6 nitrogen and oxygen atoms in total. The molecule has 1 amide bonds. The van der Waals surface area contributed by atoms with Crippen LogP contribution < -0.4 is 5.32 Å². The molecule has 0 spiro atoms. The molecule has 3 aromatic rings. The fraction of sp³-hybridized carbons (Fsp3) is 0.353. The normalized spacial score (nSPS) is 12.3. The van der Waals surface area contributed by atoms with Gasteiger partial charge in [0.05, 0.1) is 5.52 Å². The lowest BCUT2D eigenvalue weighted by atomic mass is 10.1. The van der Waals surface area contributed by atoms with Gasteiger partial charge in [0.25, 0.3) is 5.91 Å². The van der Waals surface area contributed by atoms with Crippen LogP contribution in [0.2, 0.25) is 5.15 Å². The second kappa shape index (κ2) is 7.32. The van der Waals surface area contributed by atoms with Crippen LogP contribution in [0.1, 0.15) is 10.4 Å². The number of carbonyl (C=O) groups excluding carboxylic acids is 1. The molecule has 3 rings (SSSR count). The molecule has 0 saturated carbocycles. The number of benzene rings is 1. The van der Waals surface area contributed by atoms with Crippen molar-refractivity contribution in [2.45, 2.75) is 12.7 Å². The van der Waals surface area contributed by atoms with Gasteiger partial charge in [-0.2, -0.15) is 13.2 Å². The van der Waals surface area contributed by atoms with Gasteiger partial charge in [-0.3, -0.25) is 4.79 Å². The van der Waals surface area contributed by atoms with Crippen LogP contribution in [0.25, 0.3) is 21.9 Å². The van der Waals surface area contributed by atoms with Crippen molar-refractivity contribution in [1.82, 2.24) is 24.8 Å². The molecule has 0 atom stereocenters. The number of carbonyl (C=O) groups is 1. The molecule has 2 aromatic heterocycles. The number of nitrogens with zero attached hydrogens (tertiary/aromatic N) is 4. The zero-order valence-corrected chi connectivity index (χ0v) is 15.4. The molecule has 0 aliphatic heterocycles. The van der Waals surface area contributed by atoms with Gasteiger partial charge in [-0.1, -0.05) is 11.6 Å². The summed E-state index contributed by atoms with van der Waals surface area (Å²) in [6.07, 6.45) is -3.26. The summed E-state index contributed by atoms with van der Waals surface area (Å²) in [7, 11) is 3.77. The third kappa shape index (κ3) is 4.14. The molecule has 1 N–H and O–H groups in total. The highest BCUT2D eigenvalue weighted by molar-refractivity contribution is 6.34. The van der Waals surface area contributed by atoms with Gasteiger partial charge in [0.1, 0.15) is 23.9 Å². The predicted octanol–water partition coefficient (Wildman–Crippen LogP) is 3.09. The SMILES string of the molecule is CN(C)CCNC(=O)c1ccc2c(c1)c1ncnc(Cl)c1n2CC(F)(F)F. The second-order valence-corrected chi connectivity index (χ2v) is 6.71. The molecule has 0 unspecified atom stereocenters. The zero-order valence-electron chi connectivity index (χ0n) is 14.6. The monoisotopic (exact) mass is 399 g/mol. The predicted molar refractivity (Wildman–Crippen MR) is 97.0 cm³/mol. The van der Waals surface area contributed by atoms with Crippen LogP contribution in [-0.2, 0) is 6.54 Å². The van der Waals surface area contributed by atoms with Crippen molar-refractivity contribution >= 4 is 39.4 Å². The highest BCUT2D eigenvalue weighted by Crippen LogP contribution is 2.33. The van der Waals surface area contributed by atoms with Gasteiger partial charge in [-0.25, -0.2) is 9.97 Å². The first kappa shape index (κ1) is 19.4. The maximum absolute atomic E-state index is 13.0. The van der Waals surface area contributed by atoms with Crippen LogP contribution in [0.5, 0.6) is 0 Å². The molecule has 0 bridgehead atoms. The van der Waals surface area contributed by atoms with Gasteiger partial charge in [-0.15, -0.1) is 0 Å². The topological polar surface area (TPSA) is 63.1 Å². The summed E-state index contributed by atoms with van der Waals surface area (Å²) in [5.41, 5.74) is 0.991. The Balaban J connectivity index is 2.08. The number of hydrogen-bond donors (Lipinski definition) is 1. The third-order valence-electron chi connectivity index (χ3n) is 4.03. The van der Waals surface area contributed by atoms with Crippen LogP contribution >= 0.6 is 11.6 Å². The summed E-state index contributed by atoms with van der Waals surface area (Å²) in [6.45, 7) is -0.107. The molecule has 144 valence electrons. The summed E-state index contributed by atoms with van der Waals surface area (Å²) in [6, 6.07) is 4.49. The Hall–Kier alpha value is -2.39. The van der Waals surface area contributed by atoms with E-state index in [1.165, 1.54) is 24.5 Å². The largest absolute Gasteiger partial charge is 0.406 e. The quantitative estimate of drug-likeness (QED) is 0.670. The summed E-state index contributed by atoms with van der Waals surface area (Å²) >= 11 is 6.04. The van der Waals surface area contributed by atoms with E-state index in [9.17, 15) is 18.0 Å². The van der Waals surface area contributed by atoms with Gasteiger partial charge in [0.2, 0.25) is 0 Å². The lowest BCUT2D eigenvalue weighted by Crippen LogP contribution is -2.31. The number of aromatic nitrogens is 3. The number of likely N-dealkylation sites (N-methyl/N-ethyl adjacent to an activating group) is 1. The molecule has 2 heterocycles. The average molecular weight is 400 g/mol. The standard InChI is InChI=1S/C17H17ClF3N5O/c1-25(2)6-5-22-16(27)10-3-4-12-11(7-10)13-14(15(18)24-9-23-13)26(12)8-17(19,20)21/h3-4,7,9H,5-6,8H2,1-2H3,(H,22,27). The second-order valence-electron chi connectivity index (χ2n) is 6.35. The van der Waals surface area contributed by atoms with E-state index in [-0.39, 0.29) is 27.6 Å². The van der Waals surface area contributed by atoms with E-state index in [0.717, 1.165) is 4.57 Å². The maximum Gasteiger partial charge on any atom is 0.406 e. The minimum atomic E-state index is -4.44. The molecule has 0 aliphatic carbocycles. The summed E-state index contributed by atoms with van der Waals surface area (Å²) in [4.78, 5) is 22.1. The van der Waals surface area contributed by atoms with E-state index in [1.807, 2.05) is 19.0 Å². The summed E-state index contributed by atoms with van der Waals surface area (Å²) < 4.78 is 40.2. The van der Waals surface area contributed by atoms with Crippen molar-refractivity contribution in [1.29, 1.82) is 0 Å². The summed E-state index contributed by atoms with van der Waals surface area (Å²) in [5.74, 6) is -0.310. The first-order chi connectivity index (χ1) is 12.7. The molecule has 0 aliphatic rings. The first-order valence-corrected chi connectivity index (χ1v) is 8.47. The van der Waals surface area contributed by atoms with Crippen molar-refractivity contribution in [3.63, 3.8) is 0 Å². The van der Waals surface area contributed by atoms with Crippen LogP contribution in [0.15, 0.2) is 24.5 Å². The van der Waals surface area contributed by atoms with E-state index < -0.39 is 12.7 Å². The molecule has 10 heteroatoms. The maximum atomic E-state index is 13.0. The molecule has 27 heavy (non-hydrogen) atoms. The van der Waals surface area contributed by atoms with E-state index in [0.29, 0.717) is 24.0 Å². The van der Waals surface area contributed by atoms with Crippen molar-refractivity contribution in [3.05, 3.63) is 35.2 Å². The van der Waals surface area contributed by atoms with Gasteiger partial charge in [0.15, 0.2) is 5.15 Å². The van der Waals surface area contributed by atoms with Gasteiger partial charge in [-0.05, 0) is 32.3 Å². The Kier molecular flexibility index (Phi) is 5.25. The lowest BCUT2D eigenvalue weighted by molar-refractivity contribution is -0.139. The average Bonchev–Trinajstić information content (AvgIpc) is 2.87. The molecule has 0 saturated heterocycles. The lowest BCUT2D eigenvalue weighted by Gasteiger charge is -2.11. The minimum Gasteiger partial charge on any atom is -0.351 e. The number of nitrogens with one attached hydrogen (secondary N) is 1. The fourth-order valence-electron chi connectivity index (χ4n) is 2.85. The van der Waals surface area contributed by atoms with Crippen LogP contribution in [-0.4, -0.2) is 58.7 Å². The number of rotatable bonds is 5. The van der Waals surface area contributed by atoms with Crippen molar-refractivity contribution < 1.29 is 18.0 Å². The van der Waals surface area contributed by atoms with E-state index in [4.69, 9.17) is 11.6 Å². The van der Waals surface area contributed by atoms with Gasteiger partial charge < -0.3 is 14.8 Å². The van der Waals surface area contributed by atoms with E-state index >= 15 is 0 Å². The number of alkyl halides is 3. The smallest absolute Gasteiger partial charge is 0.351 e. The number of hydrogen-bond acceptors (Lipinski definition) is 4. The molecule has 0 radical (unpaired) electrons. The Bertz CT molecular complexity index is 1000. The minimum absolute atomic E-state index is 0.0718.